The van der Waals surface area contributed by atoms with E-state index in [1.54, 1.807) is 7.11 Å². The van der Waals surface area contributed by atoms with Crippen molar-refractivity contribution in [3.63, 3.8) is 0 Å². The number of fused-ring (bicyclic) bond motifs is 1. The van der Waals surface area contributed by atoms with Gasteiger partial charge in [0.15, 0.2) is 5.82 Å². The molecule has 0 saturated carbocycles. The topological polar surface area (TPSA) is 81.1 Å². The Morgan fingerprint density at radius 3 is 2.63 bits per heavy atom. The molecule has 0 fully saturated rings. The van der Waals surface area contributed by atoms with E-state index in [2.05, 4.69) is 27.9 Å². The molecular formula is C22H25N5O2S. The van der Waals surface area contributed by atoms with Crippen LogP contribution in [0, 0.1) is 0 Å². The molecular weight excluding hydrogens is 398 g/mol. The molecule has 0 radical (unpaired) electrons. The summed E-state index contributed by atoms with van der Waals surface area (Å²) in [4.78, 5) is 13.0. The number of hydrogen-bond donors (Lipinski definition) is 2. The third-order valence-electron chi connectivity index (χ3n) is 5.03. The monoisotopic (exact) mass is 423 g/mol. The molecule has 2 N–H and O–H groups in total. The fourth-order valence-electron chi connectivity index (χ4n) is 3.38. The highest BCUT2D eigenvalue weighted by Gasteiger charge is 2.37. The number of benzene rings is 2. The first kappa shape index (κ1) is 20.3. The van der Waals surface area contributed by atoms with Gasteiger partial charge < -0.3 is 15.5 Å². The minimum absolute atomic E-state index is 0.00252. The first-order valence-corrected chi connectivity index (χ1v) is 10.9. The van der Waals surface area contributed by atoms with Crippen molar-refractivity contribution in [2.45, 2.75) is 36.2 Å². The van der Waals surface area contributed by atoms with E-state index in [4.69, 9.17) is 4.74 Å². The molecule has 1 aliphatic heterocycles. The summed E-state index contributed by atoms with van der Waals surface area (Å²) < 4.78 is 7.17. The summed E-state index contributed by atoms with van der Waals surface area (Å²) in [5.41, 5.74) is 5.45. The first-order chi connectivity index (χ1) is 14.7. The van der Waals surface area contributed by atoms with Gasteiger partial charge in [0.1, 0.15) is 11.0 Å². The molecule has 2 heterocycles. The molecule has 2 aromatic carbocycles. The molecule has 3 aromatic rings. The Morgan fingerprint density at radius 2 is 1.93 bits per heavy atom. The van der Waals surface area contributed by atoms with Crippen LogP contribution >= 0.6 is 11.8 Å². The number of ether oxygens (including phenoxy) is 1. The van der Waals surface area contributed by atoms with E-state index in [9.17, 15) is 4.79 Å². The average molecular weight is 424 g/mol. The Hall–Kier alpha value is -3.00. The van der Waals surface area contributed by atoms with Crippen LogP contribution in [0.15, 0.2) is 59.8 Å². The lowest BCUT2D eigenvalue weighted by Gasteiger charge is -2.33. The van der Waals surface area contributed by atoms with Gasteiger partial charge in [0.2, 0.25) is 11.1 Å². The van der Waals surface area contributed by atoms with Gasteiger partial charge in [-0.1, -0.05) is 67.6 Å². The van der Waals surface area contributed by atoms with Crippen LogP contribution in [0.1, 0.15) is 31.4 Å². The second-order valence-corrected chi connectivity index (χ2v) is 8.18. The van der Waals surface area contributed by atoms with Crippen LogP contribution < -0.4 is 15.5 Å². The van der Waals surface area contributed by atoms with E-state index < -0.39 is 0 Å². The lowest BCUT2D eigenvalue weighted by Crippen LogP contribution is -2.44. The molecule has 0 unspecified atom stereocenters. The Balaban J connectivity index is 1.67. The molecule has 8 heteroatoms. The predicted octanol–water partition coefficient (Wildman–Crippen LogP) is 3.63. The Bertz CT molecular complexity index is 991. The van der Waals surface area contributed by atoms with E-state index in [0.717, 1.165) is 35.5 Å². The third kappa shape index (κ3) is 4.14. The number of nitrogens with one attached hydrogen (secondary N) is 2. The lowest BCUT2D eigenvalue weighted by molar-refractivity contribution is -0.120. The summed E-state index contributed by atoms with van der Waals surface area (Å²) in [6.45, 7) is 2.78. The van der Waals surface area contributed by atoms with Gasteiger partial charge in [-0.25, -0.2) is 4.68 Å². The van der Waals surface area contributed by atoms with Crippen molar-refractivity contribution < 1.29 is 9.53 Å². The molecule has 1 aliphatic rings. The maximum atomic E-state index is 13.0. The van der Waals surface area contributed by atoms with Crippen molar-refractivity contribution in [3.8, 4) is 17.1 Å². The zero-order chi connectivity index (χ0) is 20.9. The number of thioether (sulfide) groups is 1. The molecule has 1 aromatic heterocycles. The number of unbranched alkanes of at least 4 members (excludes halogenated alkanes) is 1. The SMILES string of the molecule is CCCCNC(=O)[C@H]1Sc2nnc(-c3ccccc3)n2N[C@@H]1c1ccc(OC)cc1. The van der Waals surface area contributed by atoms with Gasteiger partial charge in [0.25, 0.3) is 0 Å². The Kier molecular flexibility index (Phi) is 6.23. The minimum atomic E-state index is -0.365. The van der Waals surface area contributed by atoms with Gasteiger partial charge in [0.05, 0.1) is 13.2 Å². The minimum Gasteiger partial charge on any atom is -0.497 e. The summed E-state index contributed by atoms with van der Waals surface area (Å²) in [6, 6.07) is 17.5. The van der Waals surface area contributed by atoms with E-state index in [-0.39, 0.29) is 17.2 Å². The van der Waals surface area contributed by atoms with E-state index in [0.29, 0.717) is 11.7 Å². The van der Waals surface area contributed by atoms with Crippen molar-refractivity contribution in [1.82, 2.24) is 20.2 Å². The largest absolute Gasteiger partial charge is 0.497 e. The van der Waals surface area contributed by atoms with Gasteiger partial charge in [-0.05, 0) is 24.1 Å². The lowest BCUT2D eigenvalue weighted by atomic mass is 10.0. The summed E-state index contributed by atoms with van der Waals surface area (Å²) in [6.07, 6.45) is 1.99. The molecule has 7 nitrogen and oxygen atoms in total. The molecule has 0 saturated heterocycles. The average Bonchev–Trinajstić information content (AvgIpc) is 3.22. The summed E-state index contributed by atoms with van der Waals surface area (Å²) in [5, 5.41) is 12.1. The summed E-state index contributed by atoms with van der Waals surface area (Å²) in [5.74, 6) is 1.50. The van der Waals surface area contributed by atoms with E-state index in [1.165, 1.54) is 11.8 Å². The molecule has 156 valence electrons. The quantitative estimate of drug-likeness (QED) is 0.565. The van der Waals surface area contributed by atoms with Crippen molar-refractivity contribution in [3.05, 3.63) is 60.2 Å². The molecule has 0 aliphatic carbocycles. The van der Waals surface area contributed by atoms with Gasteiger partial charge >= 0.3 is 0 Å². The smallest absolute Gasteiger partial charge is 0.236 e. The molecule has 0 spiro atoms. The van der Waals surface area contributed by atoms with Crippen LogP contribution in [0.25, 0.3) is 11.4 Å². The first-order valence-electron chi connectivity index (χ1n) is 10.1. The van der Waals surface area contributed by atoms with Gasteiger partial charge in [-0.15, -0.1) is 10.2 Å². The number of aromatic nitrogens is 3. The van der Waals surface area contributed by atoms with E-state index >= 15 is 0 Å². The Labute approximate surface area is 180 Å². The second-order valence-electron chi connectivity index (χ2n) is 7.07. The number of carbonyl (C=O) groups excluding carboxylic acids is 1. The normalized spacial score (nSPS) is 17.7. The highest BCUT2D eigenvalue weighted by atomic mass is 32.2. The molecule has 2 atom stereocenters. The number of methoxy groups -OCH3 is 1. The number of rotatable bonds is 7. The standard InChI is InChI=1S/C22H25N5O2S/c1-3-4-14-23-21(28)19-18(15-10-12-17(29-2)13-11-15)26-27-20(24-25-22(27)30-19)16-8-6-5-7-9-16/h5-13,18-19,26H,3-4,14H2,1-2H3,(H,23,28)/t18-,19+/m1/s1. The van der Waals surface area contributed by atoms with Crippen LogP contribution in [0.2, 0.25) is 0 Å². The highest BCUT2D eigenvalue weighted by molar-refractivity contribution is 8.00. The molecule has 0 bridgehead atoms. The maximum Gasteiger partial charge on any atom is 0.236 e. The van der Waals surface area contributed by atoms with Crippen LogP contribution in [-0.2, 0) is 4.79 Å². The fraction of sp³-hybridized carbons (Fsp3) is 0.318. The van der Waals surface area contributed by atoms with Gasteiger partial charge in [-0.2, -0.15) is 0 Å². The van der Waals surface area contributed by atoms with Crippen molar-refractivity contribution in [2.75, 3.05) is 19.1 Å². The number of nitrogens with zero attached hydrogens (tertiary/aromatic N) is 3. The van der Waals surface area contributed by atoms with Crippen molar-refractivity contribution >= 4 is 17.7 Å². The molecule has 1 amide bonds. The Morgan fingerprint density at radius 1 is 1.17 bits per heavy atom. The zero-order valence-corrected chi connectivity index (χ0v) is 17.9. The number of hydrogen-bond acceptors (Lipinski definition) is 6. The molecule has 30 heavy (non-hydrogen) atoms. The van der Waals surface area contributed by atoms with Crippen LogP contribution in [0.5, 0.6) is 5.75 Å². The van der Waals surface area contributed by atoms with Gasteiger partial charge in [0, 0.05) is 12.1 Å². The summed E-state index contributed by atoms with van der Waals surface area (Å²) >= 11 is 1.44. The third-order valence-corrected chi connectivity index (χ3v) is 6.25. The van der Waals surface area contributed by atoms with Gasteiger partial charge in [-0.3, -0.25) is 4.79 Å². The number of amides is 1. The number of carbonyl (C=O) groups is 1. The zero-order valence-electron chi connectivity index (χ0n) is 17.0. The summed E-state index contributed by atoms with van der Waals surface area (Å²) in [7, 11) is 1.64. The van der Waals surface area contributed by atoms with Crippen molar-refractivity contribution in [1.29, 1.82) is 0 Å². The maximum absolute atomic E-state index is 13.0. The van der Waals surface area contributed by atoms with E-state index in [1.807, 2.05) is 59.3 Å². The second kappa shape index (κ2) is 9.21. The predicted molar refractivity (Wildman–Crippen MR) is 118 cm³/mol. The molecule has 4 rings (SSSR count). The highest BCUT2D eigenvalue weighted by Crippen LogP contribution is 2.38. The van der Waals surface area contributed by atoms with Crippen LogP contribution in [-0.4, -0.2) is 39.7 Å². The van der Waals surface area contributed by atoms with Crippen molar-refractivity contribution in [2.24, 2.45) is 0 Å². The fourth-order valence-corrected chi connectivity index (χ4v) is 4.48. The van der Waals surface area contributed by atoms with Crippen LogP contribution in [0.4, 0.5) is 0 Å². The van der Waals surface area contributed by atoms with Crippen LogP contribution in [0.3, 0.4) is 0 Å².